The molecule has 0 radical (unpaired) electrons. The Bertz CT molecular complexity index is 700. The van der Waals surface area contributed by atoms with E-state index in [0.717, 1.165) is 5.56 Å². The van der Waals surface area contributed by atoms with Gasteiger partial charge in [0, 0.05) is 11.2 Å². The third-order valence-electron chi connectivity index (χ3n) is 2.44. The normalized spacial score (nSPS) is 12.5. The Hall–Kier alpha value is -1.70. The van der Waals surface area contributed by atoms with Crippen LogP contribution in [0.4, 0.5) is 0 Å². The molecule has 6 nitrogen and oxygen atoms in total. The highest BCUT2D eigenvalue weighted by Crippen LogP contribution is 2.07. The molecule has 0 aliphatic rings. The third kappa shape index (κ3) is 5.59. The Morgan fingerprint density at radius 2 is 2.05 bits per heavy atom. The number of amides is 1. The molecule has 0 bridgehead atoms. The summed E-state index contributed by atoms with van der Waals surface area (Å²) in [6.45, 7) is 0. The molecule has 1 N–H and O–H groups in total. The summed E-state index contributed by atoms with van der Waals surface area (Å²) >= 11 is 11.5. The summed E-state index contributed by atoms with van der Waals surface area (Å²) < 4.78 is 13.2. The van der Waals surface area contributed by atoms with Crippen LogP contribution in [0.15, 0.2) is 41.8 Å². The van der Waals surface area contributed by atoms with Crippen LogP contribution >= 0.6 is 23.2 Å². The Kier molecular flexibility index (Phi) is 6.11. The van der Waals surface area contributed by atoms with Gasteiger partial charge in [-0.25, -0.2) is 5.43 Å². The number of carbonyl (C=O) groups is 1. The van der Waals surface area contributed by atoms with E-state index in [1.54, 1.807) is 24.3 Å². The van der Waals surface area contributed by atoms with Crippen LogP contribution in [-0.4, -0.2) is 31.9 Å². The number of carbonyl (C=O) groups excluding carboxylic acids is 1. The SMILES string of the molecule is O=C(CS(=O)Cn1cc(Cl)cn1)NN=Cc1ccc(Cl)cc1. The third-order valence-corrected chi connectivity index (χ3v) is 4.03. The highest BCUT2D eigenvalue weighted by atomic mass is 35.5. The Balaban J connectivity index is 1.77. The van der Waals surface area contributed by atoms with Crippen molar-refractivity contribution in [1.82, 2.24) is 15.2 Å². The molecule has 22 heavy (non-hydrogen) atoms. The first-order chi connectivity index (χ1) is 10.5. The van der Waals surface area contributed by atoms with Gasteiger partial charge in [0.25, 0.3) is 5.91 Å². The van der Waals surface area contributed by atoms with Gasteiger partial charge in [-0.1, -0.05) is 35.3 Å². The van der Waals surface area contributed by atoms with Crippen LogP contribution in [0.2, 0.25) is 10.0 Å². The van der Waals surface area contributed by atoms with Gasteiger partial charge in [0.1, 0.15) is 11.6 Å². The molecular formula is C13H12Cl2N4O2S. The van der Waals surface area contributed by atoms with Crippen molar-refractivity contribution in [2.45, 2.75) is 5.88 Å². The van der Waals surface area contributed by atoms with E-state index in [9.17, 15) is 9.00 Å². The molecule has 0 aliphatic carbocycles. The smallest absolute Gasteiger partial charge is 0.252 e. The van der Waals surface area contributed by atoms with Crippen LogP contribution in [0.3, 0.4) is 0 Å². The van der Waals surface area contributed by atoms with E-state index >= 15 is 0 Å². The minimum absolute atomic E-state index is 0.0983. The van der Waals surface area contributed by atoms with Gasteiger partial charge in [0.05, 0.1) is 28.2 Å². The van der Waals surface area contributed by atoms with Crippen molar-refractivity contribution < 1.29 is 9.00 Å². The van der Waals surface area contributed by atoms with E-state index in [1.807, 2.05) is 0 Å². The fourth-order valence-corrected chi connectivity index (χ4v) is 2.68. The first-order valence-corrected chi connectivity index (χ1v) is 8.38. The quantitative estimate of drug-likeness (QED) is 0.634. The van der Waals surface area contributed by atoms with Gasteiger partial charge >= 0.3 is 0 Å². The molecule has 1 unspecified atom stereocenters. The average molecular weight is 359 g/mol. The lowest BCUT2D eigenvalue weighted by Gasteiger charge is -2.01. The second-order valence-electron chi connectivity index (χ2n) is 4.26. The molecule has 0 saturated heterocycles. The van der Waals surface area contributed by atoms with Crippen LogP contribution in [0.25, 0.3) is 0 Å². The Labute approximate surface area is 139 Å². The molecule has 1 aromatic heterocycles. The Morgan fingerprint density at radius 1 is 1.32 bits per heavy atom. The predicted octanol–water partition coefficient (Wildman–Crippen LogP) is 2.05. The van der Waals surface area contributed by atoms with Gasteiger partial charge in [-0.15, -0.1) is 0 Å². The van der Waals surface area contributed by atoms with E-state index < -0.39 is 16.7 Å². The fourth-order valence-electron chi connectivity index (χ4n) is 1.51. The highest BCUT2D eigenvalue weighted by molar-refractivity contribution is 7.84. The summed E-state index contributed by atoms with van der Waals surface area (Å²) in [6, 6.07) is 6.96. The average Bonchev–Trinajstić information content (AvgIpc) is 2.86. The molecular weight excluding hydrogens is 347 g/mol. The number of hydrogen-bond acceptors (Lipinski definition) is 4. The number of rotatable bonds is 6. The first-order valence-electron chi connectivity index (χ1n) is 6.13. The summed E-state index contributed by atoms with van der Waals surface area (Å²) in [5.74, 6) is -0.516. The molecule has 2 aromatic rings. The fraction of sp³-hybridized carbons (Fsp3) is 0.154. The number of nitrogens with zero attached hydrogens (tertiary/aromatic N) is 3. The van der Waals surface area contributed by atoms with Gasteiger partial charge in [0.15, 0.2) is 0 Å². The van der Waals surface area contributed by atoms with Crippen LogP contribution in [0.5, 0.6) is 0 Å². The highest BCUT2D eigenvalue weighted by Gasteiger charge is 2.08. The summed E-state index contributed by atoms with van der Waals surface area (Å²) in [5.41, 5.74) is 3.11. The maximum atomic E-state index is 11.8. The van der Waals surface area contributed by atoms with Crippen molar-refractivity contribution in [1.29, 1.82) is 0 Å². The minimum atomic E-state index is -1.40. The van der Waals surface area contributed by atoms with E-state index in [2.05, 4.69) is 15.6 Å². The van der Waals surface area contributed by atoms with Crippen LogP contribution in [0.1, 0.15) is 5.56 Å². The van der Waals surface area contributed by atoms with Crippen molar-refractivity contribution in [3.05, 3.63) is 52.3 Å². The van der Waals surface area contributed by atoms with Gasteiger partial charge in [-0.3, -0.25) is 13.7 Å². The molecule has 1 aromatic carbocycles. The van der Waals surface area contributed by atoms with Crippen molar-refractivity contribution >= 4 is 46.1 Å². The number of hydrogen-bond donors (Lipinski definition) is 1. The summed E-state index contributed by atoms with van der Waals surface area (Å²) in [5, 5.41) is 8.75. The molecule has 2 rings (SSSR count). The van der Waals surface area contributed by atoms with Crippen LogP contribution in [-0.2, 0) is 21.5 Å². The summed E-state index contributed by atoms with van der Waals surface area (Å²) in [4.78, 5) is 11.6. The zero-order valence-electron chi connectivity index (χ0n) is 11.3. The topological polar surface area (TPSA) is 76.3 Å². The van der Waals surface area contributed by atoms with Gasteiger partial charge in [-0.05, 0) is 17.7 Å². The largest absolute Gasteiger partial charge is 0.272 e. The lowest BCUT2D eigenvalue weighted by atomic mass is 10.2. The molecule has 9 heteroatoms. The second kappa shape index (κ2) is 8.07. The molecule has 116 valence electrons. The van der Waals surface area contributed by atoms with Crippen molar-refractivity contribution in [3.8, 4) is 0 Å². The number of hydrazone groups is 1. The van der Waals surface area contributed by atoms with E-state index in [-0.39, 0.29) is 11.6 Å². The molecule has 0 spiro atoms. The first kappa shape index (κ1) is 16.7. The van der Waals surface area contributed by atoms with Crippen molar-refractivity contribution in [3.63, 3.8) is 0 Å². The zero-order chi connectivity index (χ0) is 15.9. The molecule has 0 fully saturated rings. The second-order valence-corrected chi connectivity index (χ2v) is 6.56. The lowest BCUT2D eigenvalue weighted by molar-refractivity contribution is -0.118. The summed E-state index contributed by atoms with van der Waals surface area (Å²) in [6.07, 6.45) is 4.45. The van der Waals surface area contributed by atoms with E-state index in [0.29, 0.717) is 10.0 Å². The zero-order valence-corrected chi connectivity index (χ0v) is 13.6. The Morgan fingerprint density at radius 3 is 2.68 bits per heavy atom. The maximum Gasteiger partial charge on any atom is 0.252 e. The van der Waals surface area contributed by atoms with Gasteiger partial charge in [-0.2, -0.15) is 10.2 Å². The molecule has 1 amide bonds. The van der Waals surface area contributed by atoms with E-state index in [4.69, 9.17) is 23.2 Å². The number of nitrogens with one attached hydrogen (secondary N) is 1. The van der Waals surface area contributed by atoms with Gasteiger partial charge in [0.2, 0.25) is 0 Å². The van der Waals surface area contributed by atoms with Crippen molar-refractivity contribution in [2.75, 3.05) is 5.75 Å². The molecule has 1 heterocycles. The van der Waals surface area contributed by atoms with Crippen LogP contribution < -0.4 is 5.43 Å². The monoisotopic (exact) mass is 358 g/mol. The lowest BCUT2D eigenvalue weighted by Crippen LogP contribution is -2.25. The minimum Gasteiger partial charge on any atom is -0.272 e. The van der Waals surface area contributed by atoms with Crippen molar-refractivity contribution in [2.24, 2.45) is 5.10 Å². The van der Waals surface area contributed by atoms with Crippen LogP contribution in [0, 0.1) is 0 Å². The molecule has 0 saturated carbocycles. The van der Waals surface area contributed by atoms with E-state index in [1.165, 1.54) is 23.3 Å². The van der Waals surface area contributed by atoms with Gasteiger partial charge < -0.3 is 0 Å². The maximum absolute atomic E-state index is 11.8. The molecule has 0 aliphatic heterocycles. The number of aromatic nitrogens is 2. The number of halogens is 2. The standard InChI is InChI=1S/C13H12Cl2N4O2S/c14-11-3-1-10(2-4-11)5-16-18-13(20)8-22(21)9-19-7-12(15)6-17-19/h1-7H,8-9H2,(H,18,20). The molecule has 1 atom stereocenters. The predicted molar refractivity (Wildman–Crippen MR) is 87.4 cm³/mol. The summed E-state index contributed by atoms with van der Waals surface area (Å²) in [7, 11) is -1.40. The number of benzene rings is 1.